The number of hydrogen-bond donors (Lipinski definition) is 0. The Bertz CT molecular complexity index is 945. The summed E-state index contributed by atoms with van der Waals surface area (Å²) in [5.41, 5.74) is 1.56. The third-order valence-corrected chi connectivity index (χ3v) is 4.34. The standard InChI is InChI=1S/C20H21NO5.ClH/c1-23-17-6-5-13(10-18(17)24-2)9-16-15-12-20(26-4)19(25-3)11-14(15)7-8-21(16)22;/h5-8,10-12H,9H2,1-4H3;1H. The second-order valence-electron chi connectivity index (χ2n) is 5.75. The first kappa shape index (κ1) is 20.5. The lowest BCUT2D eigenvalue weighted by atomic mass is 10.0. The van der Waals surface area contributed by atoms with Gasteiger partial charge in [-0.25, -0.2) is 0 Å². The molecule has 0 saturated heterocycles. The number of aromatic nitrogens is 1. The summed E-state index contributed by atoms with van der Waals surface area (Å²) in [4.78, 5) is 0. The zero-order chi connectivity index (χ0) is 18.7. The van der Waals surface area contributed by atoms with Crippen molar-refractivity contribution >= 4 is 23.2 Å². The van der Waals surface area contributed by atoms with E-state index >= 15 is 0 Å². The second-order valence-corrected chi connectivity index (χ2v) is 5.75. The van der Waals surface area contributed by atoms with Gasteiger partial charge in [-0.3, -0.25) is 0 Å². The van der Waals surface area contributed by atoms with Gasteiger partial charge in [0.05, 0.1) is 40.2 Å². The van der Waals surface area contributed by atoms with Crippen LogP contribution in [0, 0.1) is 5.21 Å². The molecule has 7 heteroatoms. The van der Waals surface area contributed by atoms with Crippen LogP contribution in [0.15, 0.2) is 42.6 Å². The molecule has 0 N–H and O–H groups in total. The Morgan fingerprint density at radius 1 is 0.778 bits per heavy atom. The molecule has 0 radical (unpaired) electrons. The molecule has 0 aliphatic rings. The quantitative estimate of drug-likeness (QED) is 0.475. The van der Waals surface area contributed by atoms with Crippen molar-refractivity contribution in [3.8, 4) is 23.0 Å². The lowest BCUT2D eigenvalue weighted by molar-refractivity contribution is -0.611. The molecule has 0 spiro atoms. The summed E-state index contributed by atoms with van der Waals surface area (Å²) in [6.07, 6.45) is 1.95. The van der Waals surface area contributed by atoms with E-state index in [-0.39, 0.29) is 12.4 Å². The van der Waals surface area contributed by atoms with Crippen molar-refractivity contribution in [2.75, 3.05) is 28.4 Å². The predicted octanol–water partition coefficient (Wildman–Crippen LogP) is 3.52. The van der Waals surface area contributed by atoms with Gasteiger partial charge in [0.15, 0.2) is 29.2 Å². The van der Waals surface area contributed by atoms with E-state index in [4.69, 9.17) is 18.9 Å². The number of halogens is 1. The van der Waals surface area contributed by atoms with E-state index in [0.29, 0.717) is 35.1 Å². The molecule has 1 aromatic heterocycles. The van der Waals surface area contributed by atoms with Crippen LogP contribution < -0.4 is 23.7 Å². The number of methoxy groups -OCH3 is 4. The first-order chi connectivity index (χ1) is 12.6. The maximum Gasteiger partial charge on any atom is 0.205 e. The minimum absolute atomic E-state index is 0. The first-order valence-corrected chi connectivity index (χ1v) is 8.09. The molecule has 27 heavy (non-hydrogen) atoms. The van der Waals surface area contributed by atoms with Crippen LogP contribution in [0.5, 0.6) is 23.0 Å². The number of fused-ring (bicyclic) bond motifs is 1. The van der Waals surface area contributed by atoms with Gasteiger partial charge in [-0.1, -0.05) is 6.07 Å². The number of hydrogen-bond acceptors (Lipinski definition) is 5. The lowest BCUT2D eigenvalue weighted by Crippen LogP contribution is -2.31. The molecule has 0 atom stereocenters. The average molecular weight is 392 g/mol. The summed E-state index contributed by atoms with van der Waals surface area (Å²) in [7, 11) is 6.34. The highest BCUT2D eigenvalue weighted by molar-refractivity contribution is 5.87. The zero-order valence-electron chi connectivity index (χ0n) is 15.6. The van der Waals surface area contributed by atoms with Gasteiger partial charge in [-0.15, -0.1) is 12.4 Å². The minimum Gasteiger partial charge on any atom is -0.618 e. The van der Waals surface area contributed by atoms with Crippen molar-refractivity contribution in [2.24, 2.45) is 0 Å². The lowest BCUT2D eigenvalue weighted by Gasteiger charge is -2.13. The molecule has 0 saturated carbocycles. The molecule has 0 aliphatic heterocycles. The first-order valence-electron chi connectivity index (χ1n) is 8.09. The van der Waals surface area contributed by atoms with Crippen LogP contribution in [-0.2, 0) is 6.42 Å². The molecular formula is C20H22ClNO5. The molecule has 0 bridgehead atoms. The average Bonchev–Trinajstić information content (AvgIpc) is 2.68. The van der Waals surface area contributed by atoms with E-state index < -0.39 is 0 Å². The Balaban J connectivity index is 0.00000261. The third kappa shape index (κ3) is 3.95. The van der Waals surface area contributed by atoms with E-state index in [9.17, 15) is 5.21 Å². The predicted molar refractivity (Wildman–Crippen MR) is 106 cm³/mol. The number of ether oxygens (including phenoxy) is 4. The van der Waals surface area contributed by atoms with Crippen molar-refractivity contribution in [3.05, 3.63) is 59.1 Å². The van der Waals surface area contributed by atoms with E-state index in [1.807, 2.05) is 30.3 Å². The fourth-order valence-electron chi connectivity index (χ4n) is 3.00. The van der Waals surface area contributed by atoms with Crippen molar-refractivity contribution in [2.45, 2.75) is 6.42 Å². The molecule has 2 aromatic carbocycles. The summed E-state index contributed by atoms with van der Waals surface area (Å²) in [5.74, 6) is 2.48. The number of benzene rings is 2. The van der Waals surface area contributed by atoms with Crippen LogP contribution in [0.25, 0.3) is 10.8 Å². The summed E-state index contributed by atoms with van der Waals surface area (Å²) in [5, 5.41) is 14.2. The van der Waals surface area contributed by atoms with Crippen molar-refractivity contribution in [3.63, 3.8) is 0 Å². The summed E-state index contributed by atoms with van der Waals surface area (Å²) in [6.45, 7) is 0. The summed E-state index contributed by atoms with van der Waals surface area (Å²) in [6, 6.07) is 11.1. The van der Waals surface area contributed by atoms with Gasteiger partial charge < -0.3 is 24.2 Å². The molecular weight excluding hydrogens is 370 g/mol. The maximum absolute atomic E-state index is 12.5. The Morgan fingerprint density at radius 3 is 2.00 bits per heavy atom. The molecule has 0 unspecified atom stereocenters. The van der Waals surface area contributed by atoms with Crippen LogP contribution in [0.4, 0.5) is 0 Å². The van der Waals surface area contributed by atoms with E-state index in [2.05, 4.69) is 0 Å². The maximum atomic E-state index is 12.5. The Morgan fingerprint density at radius 2 is 1.37 bits per heavy atom. The Kier molecular flexibility index (Phi) is 6.58. The minimum atomic E-state index is 0. The topological polar surface area (TPSA) is 63.9 Å². The number of pyridine rings is 1. The Hall–Kier alpha value is -2.86. The van der Waals surface area contributed by atoms with Crippen LogP contribution >= 0.6 is 12.4 Å². The molecule has 3 aromatic rings. The summed E-state index contributed by atoms with van der Waals surface area (Å²) >= 11 is 0. The summed E-state index contributed by atoms with van der Waals surface area (Å²) < 4.78 is 22.2. The van der Waals surface area contributed by atoms with Gasteiger partial charge in [0, 0.05) is 6.07 Å². The van der Waals surface area contributed by atoms with Crippen molar-refractivity contribution in [1.82, 2.24) is 0 Å². The highest BCUT2D eigenvalue weighted by Gasteiger charge is 2.17. The molecule has 0 amide bonds. The Labute approximate surface area is 164 Å². The van der Waals surface area contributed by atoms with Crippen LogP contribution in [0.3, 0.4) is 0 Å². The smallest absolute Gasteiger partial charge is 0.205 e. The molecule has 0 aliphatic carbocycles. The van der Waals surface area contributed by atoms with Gasteiger partial charge in [-0.2, -0.15) is 4.73 Å². The van der Waals surface area contributed by atoms with Gasteiger partial charge in [0.2, 0.25) is 5.69 Å². The van der Waals surface area contributed by atoms with E-state index in [0.717, 1.165) is 21.1 Å². The molecule has 1 heterocycles. The number of nitrogens with zero attached hydrogens (tertiary/aromatic N) is 1. The highest BCUT2D eigenvalue weighted by Crippen LogP contribution is 2.34. The van der Waals surface area contributed by atoms with Gasteiger partial charge in [-0.05, 0) is 35.2 Å². The largest absolute Gasteiger partial charge is 0.618 e. The van der Waals surface area contributed by atoms with Gasteiger partial charge >= 0.3 is 0 Å². The van der Waals surface area contributed by atoms with E-state index in [1.165, 1.54) is 6.20 Å². The normalized spacial score (nSPS) is 10.2. The monoisotopic (exact) mass is 391 g/mol. The fourth-order valence-corrected chi connectivity index (χ4v) is 3.00. The van der Waals surface area contributed by atoms with Gasteiger partial charge in [0.25, 0.3) is 0 Å². The number of rotatable bonds is 6. The van der Waals surface area contributed by atoms with Crippen LogP contribution in [-0.4, -0.2) is 28.4 Å². The molecule has 3 rings (SSSR count). The highest BCUT2D eigenvalue weighted by atomic mass is 35.5. The molecule has 144 valence electrons. The van der Waals surface area contributed by atoms with Gasteiger partial charge in [0.1, 0.15) is 0 Å². The second kappa shape index (κ2) is 8.68. The van der Waals surface area contributed by atoms with Crippen LogP contribution in [0.2, 0.25) is 0 Å². The molecule has 6 nitrogen and oxygen atoms in total. The molecule has 0 fully saturated rings. The van der Waals surface area contributed by atoms with Crippen LogP contribution in [0.1, 0.15) is 11.3 Å². The third-order valence-electron chi connectivity index (χ3n) is 4.34. The van der Waals surface area contributed by atoms with Crippen molar-refractivity contribution < 1.29 is 23.7 Å². The van der Waals surface area contributed by atoms with Crippen molar-refractivity contribution in [1.29, 1.82) is 0 Å². The zero-order valence-corrected chi connectivity index (χ0v) is 16.5. The van der Waals surface area contributed by atoms with E-state index in [1.54, 1.807) is 34.5 Å². The SMILES string of the molecule is COc1ccc(Cc2c3cc(OC)c(OC)cc3cc[n+]2[O-])cc1OC.Cl. The fraction of sp³-hybridized carbons (Fsp3) is 0.250.